The standard InChI is InChI=1S/C19H19ClO2/c1-2-3-14-22-18-11-4-15(5-12-18)6-13-19(21)16-7-9-17(20)10-8-16/h4-13H,2-3,14H2,1H3/b13-6+. The largest absolute Gasteiger partial charge is 0.494 e. The van der Waals surface area contributed by atoms with Crippen LogP contribution in [0.5, 0.6) is 5.75 Å². The molecule has 0 fully saturated rings. The minimum atomic E-state index is -0.0417. The summed E-state index contributed by atoms with van der Waals surface area (Å²) in [4.78, 5) is 12.0. The molecule has 0 radical (unpaired) electrons. The third-order valence-corrected chi connectivity index (χ3v) is 3.45. The van der Waals surface area contributed by atoms with E-state index in [1.54, 1.807) is 36.4 Å². The summed E-state index contributed by atoms with van der Waals surface area (Å²) >= 11 is 5.81. The molecule has 2 aromatic rings. The van der Waals surface area contributed by atoms with Gasteiger partial charge in [0.25, 0.3) is 0 Å². The van der Waals surface area contributed by atoms with E-state index in [1.807, 2.05) is 24.3 Å². The van der Waals surface area contributed by atoms with Gasteiger partial charge in [0.05, 0.1) is 6.61 Å². The molecule has 3 heteroatoms. The van der Waals surface area contributed by atoms with Gasteiger partial charge in [0, 0.05) is 10.6 Å². The number of unbranched alkanes of at least 4 members (excludes halogenated alkanes) is 1. The molecule has 0 aromatic heterocycles. The summed E-state index contributed by atoms with van der Waals surface area (Å²) in [6.07, 6.45) is 5.54. The molecule has 114 valence electrons. The van der Waals surface area contributed by atoms with E-state index in [1.165, 1.54) is 0 Å². The second kappa shape index (κ2) is 8.40. The van der Waals surface area contributed by atoms with Gasteiger partial charge in [-0.1, -0.05) is 43.2 Å². The van der Waals surface area contributed by atoms with Crippen molar-refractivity contribution in [1.82, 2.24) is 0 Å². The first-order valence-electron chi connectivity index (χ1n) is 7.40. The van der Waals surface area contributed by atoms with Gasteiger partial charge in [0.2, 0.25) is 0 Å². The number of ether oxygens (including phenoxy) is 1. The summed E-state index contributed by atoms with van der Waals surface area (Å²) in [7, 11) is 0. The molecule has 2 aromatic carbocycles. The van der Waals surface area contributed by atoms with Crippen molar-refractivity contribution in [3.63, 3.8) is 0 Å². The first-order valence-corrected chi connectivity index (χ1v) is 7.77. The van der Waals surface area contributed by atoms with Crippen LogP contribution in [-0.4, -0.2) is 12.4 Å². The van der Waals surface area contributed by atoms with E-state index in [2.05, 4.69) is 6.92 Å². The van der Waals surface area contributed by atoms with Crippen LogP contribution in [0.4, 0.5) is 0 Å². The molecule has 0 amide bonds. The van der Waals surface area contributed by atoms with Crippen LogP contribution in [0, 0.1) is 0 Å². The number of hydrogen-bond donors (Lipinski definition) is 0. The number of hydrogen-bond acceptors (Lipinski definition) is 2. The molecular formula is C19H19ClO2. The molecule has 0 N–H and O–H groups in total. The molecule has 0 aliphatic heterocycles. The smallest absolute Gasteiger partial charge is 0.185 e. The van der Waals surface area contributed by atoms with Crippen molar-refractivity contribution in [2.24, 2.45) is 0 Å². The van der Waals surface area contributed by atoms with E-state index < -0.39 is 0 Å². The predicted molar refractivity (Wildman–Crippen MR) is 91.7 cm³/mol. The van der Waals surface area contributed by atoms with Crippen molar-refractivity contribution in [3.05, 3.63) is 70.8 Å². The fourth-order valence-corrected chi connectivity index (χ4v) is 2.02. The van der Waals surface area contributed by atoms with Crippen molar-refractivity contribution in [1.29, 1.82) is 0 Å². The third kappa shape index (κ3) is 5.05. The number of carbonyl (C=O) groups is 1. The van der Waals surface area contributed by atoms with Gasteiger partial charge in [-0.3, -0.25) is 4.79 Å². The zero-order valence-electron chi connectivity index (χ0n) is 12.6. The van der Waals surface area contributed by atoms with Gasteiger partial charge in [-0.05, 0) is 54.5 Å². The zero-order valence-corrected chi connectivity index (χ0v) is 13.3. The van der Waals surface area contributed by atoms with Crippen molar-refractivity contribution in [3.8, 4) is 5.75 Å². The molecular weight excluding hydrogens is 296 g/mol. The van der Waals surface area contributed by atoms with E-state index in [-0.39, 0.29) is 5.78 Å². The highest BCUT2D eigenvalue weighted by molar-refractivity contribution is 6.30. The molecule has 22 heavy (non-hydrogen) atoms. The van der Waals surface area contributed by atoms with Crippen LogP contribution in [0.2, 0.25) is 5.02 Å². The topological polar surface area (TPSA) is 26.3 Å². The third-order valence-electron chi connectivity index (χ3n) is 3.20. The molecule has 2 nitrogen and oxygen atoms in total. The van der Waals surface area contributed by atoms with Gasteiger partial charge >= 0.3 is 0 Å². The lowest BCUT2D eigenvalue weighted by atomic mass is 10.1. The quantitative estimate of drug-likeness (QED) is 0.388. The van der Waals surface area contributed by atoms with Gasteiger partial charge in [0.15, 0.2) is 5.78 Å². The number of benzene rings is 2. The molecule has 2 rings (SSSR count). The van der Waals surface area contributed by atoms with Gasteiger partial charge in [-0.15, -0.1) is 0 Å². The van der Waals surface area contributed by atoms with Gasteiger partial charge in [-0.25, -0.2) is 0 Å². The Morgan fingerprint density at radius 3 is 2.41 bits per heavy atom. The van der Waals surface area contributed by atoms with Crippen LogP contribution in [0.1, 0.15) is 35.7 Å². The molecule has 0 spiro atoms. The molecule has 0 saturated heterocycles. The highest BCUT2D eigenvalue weighted by Crippen LogP contribution is 2.15. The fraction of sp³-hybridized carbons (Fsp3) is 0.211. The summed E-state index contributed by atoms with van der Waals surface area (Å²) in [5.41, 5.74) is 1.59. The molecule has 0 bridgehead atoms. The Labute approximate surface area is 136 Å². The fourth-order valence-electron chi connectivity index (χ4n) is 1.89. The molecule has 0 unspecified atom stereocenters. The number of ketones is 1. The van der Waals surface area contributed by atoms with Crippen LogP contribution in [0.15, 0.2) is 54.6 Å². The number of halogens is 1. The molecule has 0 aliphatic rings. The monoisotopic (exact) mass is 314 g/mol. The van der Waals surface area contributed by atoms with Crippen LogP contribution in [0.3, 0.4) is 0 Å². The Balaban J connectivity index is 1.95. The first kappa shape index (κ1) is 16.3. The first-order chi connectivity index (χ1) is 10.7. The van der Waals surface area contributed by atoms with Crippen molar-refractivity contribution >= 4 is 23.5 Å². The minimum absolute atomic E-state index is 0.0417. The van der Waals surface area contributed by atoms with Crippen LogP contribution in [-0.2, 0) is 0 Å². The summed E-state index contributed by atoms with van der Waals surface area (Å²) in [5, 5.41) is 0.624. The Morgan fingerprint density at radius 1 is 1.09 bits per heavy atom. The highest BCUT2D eigenvalue weighted by atomic mass is 35.5. The molecule has 0 saturated carbocycles. The average Bonchev–Trinajstić information content (AvgIpc) is 2.55. The lowest BCUT2D eigenvalue weighted by Crippen LogP contribution is -1.96. The Bertz CT molecular complexity index is 627. The Hall–Kier alpha value is -2.06. The van der Waals surface area contributed by atoms with Crippen LogP contribution < -0.4 is 4.74 Å². The number of rotatable bonds is 7. The lowest BCUT2D eigenvalue weighted by molar-refractivity contribution is 0.104. The summed E-state index contributed by atoms with van der Waals surface area (Å²) in [5.74, 6) is 0.814. The van der Waals surface area contributed by atoms with Crippen molar-refractivity contribution in [2.75, 3.05) is 6.61 Å². The van der Waals surface area contributed by atoms with E-state index >= 15 is 0 Å². The van der Waals surface area contributed by atoms with Crippen LogP contribution >= 0.6 is 11.6 Å². The number of carbonyl (C=O) groups excluding carboxylic acids is 1. The van der Waals surface area contributed by atoms with E-state index in [9.17, 15) is 4.79 Å². The van der Waals surface area contributed by atoms with E-state index in [4.69, 9.17) is 16.3 Å². The molecule has 0 aliphatic carbocycles. The number of allylic oxidation sites excluding steroid dienone is 1. The second-order valence-corrected chi connectivity index (χ2v) is 5.41. The zero-order chi connectivity index (χ0) is 15.8. The van der Waals surface area contributed by atoms with E-state index in [0.717, 1.165) is 30.8 Å². The average molecular weight is 315 g/mol. The second-order valence-electron chi connectivity index (χ2n) is 4.98. The lowest BCUT2D eigenvalue weighted by Gasteiger charge is -2.05. The maximum absolute atomic E-state index is 12.0. The van der Waals surface area contributed by atoms with Crippen LogP contribution in [0.25, 0.3) is 6.08 Å². The van der Waals surface area contributed by atoms with Crippen molar-refractivity contribution < 1.29 is 9.53 Å². The molecule has 0 atom stereocenters. The summed E-state index contributed by atoms with van der Waals surface area (Å²) < 4.78 is 5.60. The van der Waals surface area contributed by atoms with Gasteiger partial charge < -0.3 is 4.74 Å². The normalized spacial score (nSPS) is 10.8. The maximum atomic E-state index is 12.0. The Morgan fingerprint density at radius 2 is 1.77 bits per heavy atom. The van der Waals surface area contributed by atoms with Gasteiger partial charge in [-0.2, -0.15) is 0 Å². The van der Waals surface area contributed by atoms with Crippen molar-refractivity contribution in [2.45, 2.75) is 19.8 Å². The predicted octanol–water partition coefficient (Wildman–Crippen LogP) is 5.42. The summed E-state index contributed by atoms with van der Waals surface area (Å²) in [6.45, 7) is 2.87. The van der Waals surface area contributed by atoms with E-state index in [0.29, 0.717) is 10.6 Å². The highest BCUT2D eigenvalue weighted by Gasteiger charge is 2.01. The van der Waals surface area contributed by atoms with Gasteiger partial charge in [0.1, 0.15) is 5.75 Å². The summed E-state index contributed by atoms with van der Waals surface area (Å²) in [6, 6.07) is 14.6. The maximum Gasteiger partial charge on any atom is 0.185 e. The minimum Gasteiger partial charge on any atom is -0.494 e. The molecule has 0 heterocycles. The Kier molecular flexibility index (Phi) is 6.23. The SMILES string of the molecule is CCCCOc1ccc(/C=C/C(=O)c2ccc(Cl)cc2)cc1.